The first-order valence-electron chi connectivity index (χ1n) is 4.82. The smallest absolute Gasteiger partial charge is 0.184 e. The Kier molecular flexibility index (Phi) is 2.96. The van der Waals surface area contributed by atoms with Crippen LogP contribution in [0.5, 0.6) is 0 Å². The minimum Gasteiger partial charge on any atom is -0.344 e. The molecule has 0 aromatic heterocycles. The van der Waals surface area contributed by atoms with Crippen LogP contribution in [-0.4, -0.2) is 13.2 Å². The second-order valence-electron chi connectivity index (χ2n) is 3.31. The highest BCUT2D eigenvalue weighted by Gasteiger charge is 2.18. The molecule has 1 saturated heterocycles. The van der Waals surface area contributed by atoms with Gasteiger partial charge < -0.3 is 9.47 Å². The number of allylic oxidation sites excluding steroid dienone is 1. The van der Waals surface area contributed by atoms with Gasteiger partial charge in [-0.15, -0.1) is 0 Å². The van der Waals surface area contributed by atoms with Crippen LogP contribution in [-0.2, 0) is 9.47 Å². The molecule has 2 heteroatoms. The molecule has 0 saturated carbocycles. The van der Waals surface area contributed by atoms with Crippen molar-refractivity contribution in [2.24, 2.45) is 0 Å². The standard InChI is InChI=1S/C12H14O2/c1-2-10-8-13-12(14-9-10)11-6-4-3-5-7-11/h2-7,12H,8-9H2,1H3. The third kappa shape index (κ3) is 2.03. The minimum atomic E-state index is -0.195. The molecule has 1 aromatic rings. The molecule has 0 N–H and O–H groups in total. The lowest BCUT2D eigenvalue weighted by molar-refractivity contribution is -0.161. The van der Waals surface area contributed by atoms with E-state index in [0.717, 1.165) is 5.56 Å². The Balaban J connectivity index is 2.03. The number of ether oxygens (including phenoxy) is 2. The SMILES string of the molecule is CC=C1COC(c2ccccc2)OC1. The Bertz CT molecular complexity index is 306. The van der Waals surface area contributed by atoms with Crippen LogP contribution in [0.3, 0.4) is 0 Å². The van der Waals surface area contributed by atoms with E-state index < -0.39 is 0 Å². The van der Waals surface area contributed by atoms with E-state index in [9.17, 15) is 0 Å². The maximum atomic E-state index is 5.58. The third-order valence-corrected chi connectivity index (χ3v) is 2.32. The molecular weight excluding hydrogens is 176 g/mol. The summed E-state index contributed by atoms with van der Waals surface area (Å²) in [6.07, 6.45) is 1.85. The molecular formula is C12H14O2. The Hall–Kier alpha value is -1.12. The molecule has 14 heavy (non-hydrogen) atoms. The molecule has 0 spiro atoms. The van der Waals surface area contributed by atoms with E-state index in [-0.39, 0.29) is 6.29 Å². The maximum absolute atomic E-state index is 5.58. The Morgan fingerprint density at radius 1 is 1.14 bits per heavy atom. The van der Waals surface area contributed by atoms with E-state index in [2.05, 4.69) is 0 Å². The monoisotopic (exact) mass is 190 g/mol. The molecule has 0 unspecified atom stereocenters. The summed E-state index contributed by atoms with van der Waals surface area (Å²) in [4.78, 5) is 0. The maximum Gasteiger partial charge on any atom is 0.184 e. The molecule has 1 fully saturated rings. The summed E-state index contributed by atoms with van der Waals surface area (Å²) >= 11 is 0. The first kappa shape index (κ1) is 9.44. The van der Waals surface area contributed by atoms with Gasteiger partial charge >= 0.3 is 0 Å². The van der Waals surface area contributed by atoms with E-state index >= 15 is 0 Å². The van der Waals surface area contributed by atoms with Crippen LogP contribution in [0.1, 0.15) is 18.8 Å². The molecule has 0 radical (unpaired) electrons. The largest absolute Gasteiger partial charge is 0.344 e. The molecule has 0 atom stereocenters. The van der Waals surface area contributed by atoms with Crippen molar-refractivity contribution in [1.82, 2.24) is 0 Å². The van der Waals surface area contributed by atoms with Crippen LogP contribution in [0.4, 0.5) is 0 Å². The van der Waals surface area contributed by atoms with Gasteiger partial charge in [0.25, 0.3) is 0 Å². The van der Waals surface area contributed by atoms with Crippen molar-refractivity contribution in [2.45, 2.75) is 13.2 Å². The Labute approximate surface area is 84.2 Å². The van der Waals surface area contributed by atoms with Gasteiger partial charge in [0.05, 0.1) is 13.2 Å². The van der Waals surface area contributed by atoms with Gasteiger partial charge in [-0.2, -0.15) is 0 Å². The van der Waals surface area contributed by atoms with Gasteiger partial charge in [-0.05, 0) is 12.5 Å². The highest BCUT2D eigenvalue weighted by molar-refractivity contribution is 5.17. The fraction of sp³-hybridized carbons (Fsp3) is 0.333. The first-order chi connectivity index (χ1) is 6.90. The molecule has 74 valence electrons. The van der Waals surface area contributed by atoms with Gasteiger partial charge in [-0.3, -0.25) is 0 Å². The zero-order valence-electron chi connectivity index (χ0n) is 8.27. The van der Waals surface area contributed by atoms with Gasteiger partial charge in [-0.1, -0.05) is 36.4 Å². The molecule has 2 rings (SSSR count). The third-order valence-electron chi connectivity index (χ3n) is 2.32. The fourth-order valence-corrected chi connectivity index (χ4v) is 1.42. The molecule has 1 aromatic carbocycles. The van der Waals surface area contributed by atoms with Gasteiger partial charge in [0.1, 0.15) is 0 Å². The summed E-state index contributed by atoms with van der Waals surface area (Å²) in [5, 5.41) is 0. The van der Waals surface area contributed by atoms with Gasteiger partial charge in [0.15, 0.2) is 6.29 Å². The molecule has 0 aliphatic carbocycles. The van der Waals surface area contributed by atoms with E-state index in [1.54, 1.807) is 0 Å². The highest BCUT2D eigenvalue weighted by atomic mass is 16.7. The second-order valence-corrected chi connectivity index (χ2v) is 3.31. The summed E-state index contributed by atoms with van der Waals surface area (Å²) < 4.78 is 11.2. The zero-order valence-corrected chi connectivity index (χ0v) is 8.27. The summed E-state index contributed by atoms with van der Waals surface area (Å²) in [7, 11) is 0. The second kappa shape index (κ2) is 4.40. The predicted molar refractivity (Wildman–Crippen MR) is 54.8 cm³/mol. The predicted octanol–water partition coefficient (Wildman–Crippen LogP) is 2.68. The Morgan fingerprint density at radius 2 is 1.79 bits per heavy atom. The van der Waals surface area contributed by atoms with Crippen molar-refractivity contribution in [2.75, 3.05) is 13.2 Å². The lowest BCUT2D eigenvalue weighted by Crippen LogP contribution is -2.20. The van der Waals surface area contributed by atoms with Crippen LogP contribution in [0, 0.1) is 0 Å². The van der Waals surface area contributed by atoms with Crippen LogP contribution in [0.15, 0.2) is 42.0 Å². The topological polar surface area (TPSA) is 18.5 Å². The van der Waals surface area contributed by atoms with Crippen LogP contribution in [0.2, 0.25) is 0 Å². The highest BCUT2D eigenvalue weighted by Crippen LogP contribution is 2.24. The zero-order chi connectivity index (χ0) is 9.80. The van der Waals surface area contributed by atoms with Crippen molar-refractivity contribution in [3.63, 3.8) is 0 Å². The lowest BCUT2D eigenvalue weighted by atomic mass is 10.2. The molecule has 0 amide bonds. The minimum absolute atomic E-state index is 0.195. The average molecular weight is 190 g/mol. The quantitative estimate of drug-likeness (QED) is 0.634. The lowest BCUT2D eigenvalue weighted by Gasteiger charge is -2.25. The van der Waals surface area contributed by atoms with E-state index in [0.29, 0.717) is 13.2 Å². The number of hydrogen-bond acceptors (Lipinski definition) is 2. The fourth-order valence-electron chi connectivity index (χ4n) is 1.42. The summed E-state index contributed by atoms with van der Waals surface area (Å²) in [6.45, 7) is 3.36. The average Bonchev–Trinajstić information content (AvgIpc) is 2.30. The summed E-state index contributed by atoms with van der Waals surface area (Å²) in [5.74, 6) is 0. The van der Waals surface area contributed by atoms with Crippen molar-refractivity contribution in [1.29, 1.82) is 0 Å². The summed E-state index contributed by atoms with van der Waals surface area (Å²) in [5.41, 5.74) is 2.29. The van der Waals surface area contributed by atoms with Crippen molar-refractivity contribution >= 4 is 0 Å². The molecule has 1 aliphatic rings. The van der Waals surface area contributed by atoms with E-state index in [1.165, 1.54) is 5.57 Å². The first-order valence-corrected chi connectivity index (χ1v) is 4.82. The van der Waals surface area contributed by atoms with Gasteiger partial charge in [0.2, 0.25) is 0 Å². The number of benzene rings is 1. The molecule has 1 aliphatic heterocycles. The van der Waals surface area contributed by atoms with Gasteiger partial charge in [-0.25, -0.2) is 0 Å². The molecule has 0 bridgehead atoms. The molecule has 1 heterocycles. The van der Waals surface area contributed by atoms with E-state index in [4.69, 9.17) is 9.47 Å². The van der Waals surface area contributed by atoms with Crippen molar-refractivity contribution < 1.29 is 9.47 Å². The van der Waals surface area contributed by atoms with E-state index in [1.807, 2.05) is 43.3 Å². The Morgan fingerprint density at radius 3 is 2.36 bits per heavy atom. The van der Waals surface area contributed by atoms with Gasteiger partial charge in [0, 0.05) is 5.56 Å². The van der Waals surface area contributed by atoms with Crippen molar-refractivity contribution in [3.8, 4) is 0 Å². The van der Waals surface area contributed by atoms with Crippen LogP contribution >= 0.6 is 0 Å². The van der Waals surface area contributed by atoms with Crippen LogP contribution in [0.25, 0.3) is 0 Å². The van der Waals surface area contributed by atoms with Crippen LogP contribution < -0.4 is 0 Å². The van der Waals surface area contributed by atoms with Crippen molar-refractivity contribution in [3.05, 3.63) is 47.5 Å². The summed E-state index contributed by atoms with van der Waals surface area (Å²) in [6, 6.07) is 10.0. The number of rotatable bonds is 1. The number of hydrogen-bond donors (Lipinski definition) is 0. The molecule has 2 nitrogen and oxygen atoms in total. The normalized spacial score (nSPS) is 22.1.